The fourth-order valence-electron chi connectivity index (χ4n) is 4.51. The zero-order chi connectivity index (χ0) is 19.2. The van der Waals surface area contributed by atoms with Gasteiger partial charge in [-0.05, 0) is 51.5 Å². The molecule has 0 aromatic heterocycles. The maximum atomic E-state index is 2.41. The molecule has 3 aromatic carbocycles. The Bertz CT molecular complexity index is 955. The lowest BCUT2D eigenvalue weighted by atomic mass is 9.92. The van der Waals surface area contributed by atoms with Crippen molar-refractivity contribution in [3.05, 3.63) is 89.8 Å². The molecule has 0 saturated carbocycles. The molecule has 0 amide bonds. The number of benzene rings is 3. The van der Waals surface area contributed by atoms with Crippen LogP contribution in [-0.2, 0) is 0 Å². The summed E-state index contributed by atoms with van der Waals surface area (Å²) in [5, 5.41) is 2.69. The van der Waals surface area contributed by atoms with Gasteiger partial charge >= 0.3 is 0 Å². The summed E-state index contributed by atoms with van der Waals surface area (Å²) in [6.45, 7) is 2.29. The molecule has 0 heterocycles. The van der Waals surface area contributed by atoms with Gasteiger partial charge in [0.15, 0.2) is 0 Å². The number of unbranched alkanes of at least 4 members (excludes halogenated alkanes) is 6. The van der Waals surface area contributed by atoms with Gasteiger partial charge in [-0.2, -0.15) is 0 Å². The summed E-state index contributed by atoms with van der Waals surface area (Å²) in [4.78, 5) is 0. The Morgan fingerprint density at radius 2 is 1.29 bits per heavy atom. The standard InChI is InChI=1S/C28H31/c1-2-3-4-5-6-7-8-19-26-25-18-12-10-15-23(25)21-28(26)27-20-13-16-22-14-9-11-17-24(22)27/h9-18,20-21H,2-8,19H2,1H3. The quantitative estimate of drug-likeness (QED) is 0.333. The Morgan fingerprint density at radius 3 is 2.18 bits per heavy atom. The second kappa shape index (κ2) is 9.24. The van der Waals surface area contributed by atoms with Gasteiger partial charge in [0, 0.05) is 6.42 Å². The van der Waals surface area contributed by atoms with Crippen LogP contribution in [-0.4, -0.2) is 0 Å². The highest BCUT2D eigenvalue weighted by atomic mass is 14.3. The van der Waals surface area contributed by atoms with E-state index < -0.39 is 0 Å². The highest BCUT2D eigenvalue weighted by Gasteiger charge is 2.23. The fraction of sp³-hybridized carbons (Fsp3) is 0.321. The SMILES string of the molecule is CCCCCCCCCC1=C(c2cccc3ccccc23)[CH]c2ccccc21. The van der Waals surface area contributed by atoms with E-state index in [1.165, 1.54) is 84.4 Å². The van der Waals surface area contributed by atoms with Crippen molar-refractivity contribution < 1.29 is 0 Å². The van der Waals surface area contributed by atoms with Gasteiger partial charge in [0.05, 0.1) is 0 Å². The highest BCUT2D eigenvalue weighted by Crippen LogP contribution is 2.44. The van der Waals surface area contributed by atoms with Gasteiger partial charge in [-0.3, -0.25) is 0 Å². The van der Waals surface area contributed by atoms with Crippen molar-refractivity contribution in [2.75, 3.05) is 0 Å². The van der Waals surface area contributed by atoms with Crippen LogP contribution in [0, 0.1) is 6.42 Å². The zero-order valence-electron chi connectivity index (χ0n) is 17.1. The monoisotopic (exact) mass is 367 g/mol. The molecule has 1 aliphatic carbocycles. The molecule has 0 saturated heterocycles. The molecule has 0 N–H and O–H groups in total. The van der Waals surface area contributed by atoms with E-state index in [2.05, 4.69) is 80.1 Å². The number of hydrogen-bond acceptors (Lipinski definition) is 0. The molecular weight excluding hydrogens is 336 g/mol. The third kappa shape index (κ3) is 4.07. The van der Waals surface area contributed by atoms with E-state index in [1.807, 2.05) is 0 Å². The van der Waals surface area contributed by atoms with Crippen LogP contribution in [0.3, 0.4) is 0 Å². The number of rotatable bonds is 9. The van der Waals surface area contributed by atoms with Gasteiger partial charge in [0.25, 0.3) is 0 Å². The van der Waals surface area contributed by atoms with Crippen molar-refractivity contribution in [3.63, 3.8) is 0 Å². The molecule has 0 heteroatoms. The maximum Gasteiger partial charge on any atom is 0.0214 e. The van der Waals surface area contributed by atoms with E-state index >= 15 is 0 Å². The number of hydrogen-bond donors (Lipinski definition) is 0. The second-order valence-electron chi connectivity index (χ2n) is 8.02. The van der Waals surface area contributed by atoms with Crippen molar-refractivity contribution in [2.24, 2.45) is 0 Å². The van der Waals surface area contributed by atoms with E-state index in [0.29, 0.717) is 0 Å². The van der Waals surface area contributed by atoms with Crippen LogP contribution < -0.4 is 0 Å². The molecular formula is C28H31. The van der Waals surface area contributed by atoms with Gasteiger partial charge in [-0.25, -0.2) is 0 Å². The summed E-state index contributed by atoms with van der Waals surface area (Å²) < 4.78 is 0. The first-order chi connectivity index (χ1) is 13.9. The molecule has 0 nitrogen and oxygen atoms in total. The lowest BCUT2D eigenvalue weighted by Gasteiger charge is -2.12. The number of fused-ring (bicyclic) bond motifs is 2. The van der Waals surface area contributed by atoms with Gasteiger partial charge < -0.3 is 0 Å². The first kappa shape index (κ1) is 19.0. The van der Waals surface area contributed by atoms with Gasteiger partial charge in [0.1, 0.15) is 0 Å². The molecule has 1 radical (unpaired) electrons. The summed E-state index contributed by atoms with van der Waals surface area (Å²) in [5.74, 6) is 0. The minimum absolute atomic E-state index is 1.18. The van der Waals surface area contributed by atoms with Crippen LogP contribution in [0.4, 0.5) is 0 Å². The first-order valence-corrected chi connectivity index (χ1v) is 11.0. The van der Waals surface area contributed by atoms with E-state index in [1.54, 1.807) is 5.57 Å². The highest BCUT2D eigenvalue weighted by molar-refractivity contribution is 6.08. The predicted octanol–water partition coefficient (Wildman–Crippen LogP) is 8.46. The normalized spacial score (nSPS) is 13.3. The van der Waals surface area contributed by atoms with Gasteiger partial charge in [-0.1, -0.05) is 112 Å². The van der Waals surface area contributed by atoms with Crippen molar-refractivity contribution in [1.29, 1.82) is 0 Å². The zero-order valence-corrected chi connectivity index (χ0v) is 17.1. The van der Waals surface area contributed by atoms with Crippen molar-refractivity contribution in [2.45, 2.75) is 58.3 Å². The van der Waals surface area contributed by atoms with Crippen molar-refractivity contribution in [1.82, 2.24) is 0 Å². The summed E-state index contributed by atoms with van der Waals surface area (Å²) >= 11 is 0. The summed E-state index contributed by atoms with van der Waals surface area (Å²) in [6.07, 6.45) is 13.1. The van der Waals surface area contributed by atoms with E-state index in [-0.39, 0.29) is 0 Å². The lowest BCUT2D eigenvalue weighted by Crippen LogP contribution is -1.89. The predicted molar refractivity (Wildman–Crippen MR) is 123 cm³/mol. The molecule has 0 atom stereocenters. The third-order valence-electron chi connectivity index (χ3n) is 6.02. The maximum absolute atomic E-state index is 2.41. The Morgan fingerprint density at radius 1 is 0.607 bits per heavy atom. The average Bonchev–Trinajstić information content (AvgIpc) is 3.11. The minimum atomic E-state index is 1.18. The van der Waals surface area contributed by atoms with Crippen LogP contribution >= 0.6 is 0 Å². The van der Waals surface area contributed by atoms with E-state index in [0.717, 1.165) is 0 Å². The van der Waals surface area contributed by atoms with Gasteiger partial charge in [0.2, 0.25) is 0 Å². The molecule has 0 spiro atoms. The van der Waals surface area contributed by atoms with Crippen LogP contribution in [0.15, 0.2) is 66.7 Å². The van der Waals surface area contributed by atoms with E-state index in [9.17, 15) is 0 Å². The van der Waals surface area contributed by atoms with Crippen molar-refractivity contribution in [3.8, 4) is 0 Å². The lowest BCUT2D eigenvalue weighted by molar-refractivity contribution is 0.594. The summed E-state index contributed by atoms with van der Waals surface area (Å²) in [6, 6.07) is 24.4. The molecule has 1 aliphatic rings. The molecule has 28 heavy (non-hydrogen) atoms. The fourth-order valence-corrected chi connectivity index (χ4v) is 4.51. The third-order valence-corrected chi connectivity index (χ3v) is 6.02. The van der Waals surface area contributed by atoms with Crippen LogP contribution in [0.1, 0.15) is 75.0 Å². The van der Waals surface area contributed by atoms with Gasteiger partial charge in [-0.15, -0.1) is 0 Å². The van der Waals surface area contributed by atoms with Crippen molar-refractivity contribution >= 4 is 21.9 Å². The molecule has 0 aliphatic heterocycles. The number of allylic oxidation sites excluding steroid dienone is 2. The molecule has 3 aromatic rings. The summed E-state index contributed by atoms with van der Waals surface area (Å²) in [7, 11) is 0. The topological polar surface area (TPSA) is 0 Å². The molecule has 0 fully saturated rings. The van der Waals surface area contributed by atoms with Crippen LogP contribution in [0.5, 0.6) is 0 Å². The minimum Gasteiger partial charge on any atom is -0.0654 e. The largest absolute Gasteiger partial charge is 0.0654 e. The smallest absolute Gasteiger partial charge is 0.0214 e. The molecule has 4 rings (SSSR count). The van der Waals surface area contributed by atoms with Crippen LogP contribution in [0.25, 0.3) is 21.9 Å². The van der Waals surface area contributed by atoms with Crippen LogP contribution in [0.2, 0.25) is 0 Å². The molecule has 143 valence electrons. The Kier molecular flexibility index (Phi) is 6.27. The van der Waals surface area contributed by atoms with E-state index in [4.69, 9.17) is 0 Å². The Balaban J connectivity index is 1.58. The Labute approximate surface area is 170 Å². The molecule has 0 unspecified atom stereocenters. The average molecular weight is 368 g/mol. The second-order valence-corrected chi connectivity index (χ2v) is 8.02. The first-order valence-electron chi connectivity index (χ1n) is 11.0. The summed E-state index contributed by atoms with van der Waals surface area (Å²) in [5.41, 5.74) is 7.18. The molecule has 0 bridgehead atoms. The Hall–Kier alpha value is -2.34.